The number of nitrogen functional groups attached to an aromatic ring is 1. The summed E-state index contributed by atoms with van der Waals surface area (Å²) < 4.78 is 0. The zero-order valence-corrected chi connectivity index (χ0v) is 10.3. The van der Waals surface area contributed by atoms with E-state index in [1.165, 1.54) is 0 Å². The number of benzene rings is 2. The molecule has 0 amide bonds. The predicted octanol–water partition coefficient (Wildman–Crippen LogP) is 4.99. The molecule has 17 heavy (non-hydrogen) atoms. The molecule has 0 aliphatic rings. The van der Waals surface area contributed by atoms with Crippen molar-refractivity contribution in [1.82, 2.24) is 0 Å². The third-order valence-corrected chi connectivity index (χ3v) is 2.80. The Morgan fingerprint density at radius 3 is 2.12 bits per heavy atom. The topological polar surface area (TPSA) is 50.7 Å². The van der Waals surface area contributed by atoms with Crippen LogP contribution in [0.3, 0.4) is 0 Å². The highest BCUT2D eigenvalue weighted by molar-refractivity contribution is 6.33. The molecule has 0 aliphatic heterocycles. The van der Waals surface area contributed by atoms with E-state index in [2.05, 4.69) is 10.2 Å². The summed E-state index contributed by atoms with van der Waals surface area (Å²) in [4.78, 5) is 0. The second kappa shape index (κ2) is 5.17. The van der Waals surface area contributed by atoms with Crippen LogP contribution in [0.15, 0.2) is 52.7 Å². The van der Waals surface area contributed by atoms with Gasteiger partial charge >= 0.3 is 0 Å². The summed E-state index contributed by atoms with van der Waals surface area (Å²) in [5, 5.41) is 9.06. The van der Waals surface area contributed by atoms with Crippen molar-refractivity contribution in [2.75, 3.05) is 5.73 Å². The van der Waals surface area contributed by atoms with Gasteiger partial charge in [-0.2, -0.15) is 0 Å². The molecule has 0 fully saturated rings. The first kappa shape index (κ1) is 11.9. The SMILES string of the molecule is Nc1c(Cl)cccc1N=Nc1ccccc1Cl. The normalized spacial score (nSPS) is 10.9. The van der Waals surface area contributed by atoms with Crippen LogP contribution in [-0.2, 0) is 0 Å². The molecule has 0 aromatic heterocycles. The number of nitrogens with two attached hydrogens (primary N) is 1. The Labute approximate surface area is 109 Å². The van der Waals surface area contributed by atoms with Gasteiger partial charge in [0.2, 0.25) is 0 Å². The lowest BCUT2D eigenvalue weighted by molar-refractivity contribution is 1.23. The third-order valence-electron chi connectivity index (χ3n) is 2.15. The minimum Gasteiger partial charge on any atom is -0.396 e. The summed E-state index contributed by atoms with van der Waals surface area (Å²) in [5.41, 5.74) is 7.29. The van der Waals surface area contributed by atoms with E-state index in [0.29, 0.717) is 27.1 Å². The van der Waals surface area contributed by atoms with Crippen LogP contribution in [0, 0.1) is 0 Å². The monoisotopic (exact) mass is 265 g/mol. The maximum atomic E-state index is 5.95. The average molecular weight is 266 g/mol. The van der Waals surface area contributed by atoms with E-state index in [-0.39, 0.29) is 0 Å². The first-order chi connectivity index (χ1) is 8.18. The van der Waals surface area contributed by atoms with Crippen LogP contribution in [-0.4, -0.2) is 0 Å². The van der Waals surface area contributed by atoms with E-state index < -0.39 is 0 Å². The minimum absolute atomic E-state index is 0.407. The van der Waals surface area contributed by atoms with Gasteiger partial charge in [0.25, 0.3) is 0 Å². The molecule has 0 aliphatic carbocycles. The van der Waals surface area contributed by atoms with Gasteiger partial charge in [0.05, 0.1) is 15.7 Å². The molecule has 2 N–H and O–H groups in total. The maximum absolute atomic E-state index is 5.95. The van der Waals surface area contributed by atoms with Crippen LogP contribution < -0.4 is 5.73 Å². The fraction of sp³-hybridized carbons (Fsp3) is 0. The number of hydrogen-bond acceptors (Lipinski definition) is 3. The minimum atomic E-state index is 0.407. The second-order valence-corrected chi connectivity index (χ2v) is 4.14. The molecule has 0 bridgehead atoms. The van der Waals surface area contributed by atoms with Gasteiger partial charge in [-0.1, -0.05) is 41.4 Å². The van der Waals surface area contributed by atoms with Crippen LogP contribution >= 0.6 is 23.2 Å². The first-order valence-corrected chi connectivity index (χ1v) is 5.64. The van der Waals surface area contributed by atoms with Crippen LogP contribution in [0.4, 0.5) is 17.1 Å². The molecule has 0 spiro atoms. The summed E-state index contributed by atoms with van der Waals surface area (Å²) in [5.74, 6) is 0. The second-order valence-electron chi connectivity index (χ2n) is 3.32. The third kappa shape index (κ3) is 2.75. The summed E-state index contributed by atoms with van der Waals surface area (Å²) >= 11 is 11.8. The number of para-hydroxylation sites is 1. The largest absolute Gasteiger partial charge is 0.396 e. The lowest BCUT2D eigenvalue weighted by atomic mass is 10.3. The van der Waals surface area contributed by atoms with Gasteiger partial charge in [0.1, 0.15) is 11.4 Å². The molecule has 2 rings (SSSR count). The molecule has 3 nitrogen and oxygen atoms in total. The Kier molecular flexibility index (Phi) is 3.61. The number of rotatable bonds is 2. The van der Waals surface area contributed by atoms with Crippen LogP contribution in [0.25, 0.3) is 0 Å². The van der Waals surface area contributed by atoms with Crippen LogP contribution in [0.5, 0.6) is 0 Å². The smallest absolute Gasteiger partial charge is 0.110 e. The number of nitrogens with zero attached hydrogens (tertiary/aromatic N) is 2. The van der Waals surface area contributed by atoms with Gasteiger partial charge in [-0.05, 0) is 24.3 Å². The van der Waals surface area contributed by atoms with Gasteiger partial charge in [-0.3, -0.25) is 0 Å². The summed E-state index contributed by atoms with van der Waals surface area (Å²) in [6.45, 7) is 0. The van der Waals surface area contributed by atoms with Gasteiger partial charge in [0, 0.05) is 0 Å². The Bertz CT molecular complexity index is 567. The van der Waals surface area contributed by atoms with E-state index in [4.69, 9.17) is 28.9 Å². The van der Waals surface area contributed by atoms with Gasteiger partial charge in [0.15, 0.2) is 0 Å². The maximum Gasteiger partial charge on any atom is 0.110 e. The quantitative estimate of drug-likeness (QED) is 0.604. The van der Waals surface area contributed by atoms with Crippen molar-refractivity contribution in [2.45, 2.75) is 0 Å². The highest BCUT2D eigenvalue weighted by Crippen LogP contribution is 2.32. The molecule has 2 aromatic rings. The molecule has 5 heteroatoms. The zero-order chi connectivity index (χ0) is 12.3. The van der Waals surface area contributed by atoms with Crippen molar-refractivity contribution in [2.24, 2.45) is 10.2 Å². The van der Waals surface area contributed by atoms with E-state index in [1.807, 2.05) is 12.1 Å². The predicted molar refractivity (Wildman–Crippen MR) is 71.5 cm³/mol. The Hall–Kier alpha value is -1.58. The molecular formula is C12H9Cl2N3. The van der Waals surface area contributed by atoms with Crippen molar-refractivity contribution in [1.29, 1.82) is 0 Å². The number of halogens is 2. The van der Waals surface area contributed by atoms with Crippen molar-refractivity contribution in [3.63, 3.8) is 0 Å². The average Bonchev–Trinajstić information content (AvgIpc) is 2.33. The number of azo groups is 1. The van der Waals surface area contributed by atoms with Gasteiger partial charge < -0.3 is 5.73 Å². The molecule has 0 saturated heterocycles. The number of hydrogen-bond donors (Lipinski definition) is 1. The summed E-state index contributed by atoms with van der Waals surface area (Å²) in [6, 6.07) is 12.4. The molecule has 0 heterocycles. The van der Waals surface area contributed by atoms with E-state index in [9.17, 15) is 0 Å². The van der Waals surface area contributed by atoms with Crippen LogP contribution in [0.2, 0.25) is 10.0 Å². The van der Waals surface area contributed by atoms with Crippen molar-refractivity contribution in [3.8, 4) is 0 Å². The summed E-state index contributed by atoms with van der Waals surface area (Å²) in [6.07, 6.45) is 0. The van der Waals surface area contributed by atoms with Crippen molar-refractivity contribution < 1.29 is 0 Å². The summed E-state index contributed by atoms with van der Waals surface area (Å²) in [7, 11) is 0. The molecule has 86 valence electrons. The molecule has 2 aromatic carbocycles. The molecule has 0 saturated carbocycles. The fourth-order valence-corrected chi connectivity index (χ4v) is 1.60. The van der Waals surface area contributed by atoms with Crippen molar-refractivity contribution >= 4 is 40.3 Å². The van der Waals surface area contributed by atoms with E-state index in [0.717, 1.165) is 0 Å². The highest BCUT2D eigenvalue weighted by atomic mass is 35.5. The molecule has 0 unspecified atom stereocenters. The number of anilines is 1. The zero-order valence-electron chi connectivity index (χ0n) is 8.77. The Morgan fingerprint density at radius 2 is 1.35 bits per heavy atom. The highest BCUT2D eigenvalue weighted by Gasteiger charge is 2.02. The first-order valence-electron chi connectivity index (χ1n) is 4.89. The fourth-order valence-electron chi connectivity index (χ4n) is 1.25. The molecular weight excluding hydrogens is 257 g/mol. The standard InChI is InChI=1S/C12H9Cl2N3/c13-8-4-1-2-6-10(8)16-17-11-7-3-5-9(14)12(11)15/h1-7H,15H2. The Balaban J connectivity index is 2.33. The lowest BCUT2D eigenvalue weighted by Crippen LogP contribution is -1.85. The van der Waals surface area contributed by atoms with Gasteiger partial charge in [-0.25, -0.2) is 0 Å². The molecule has 0 radical (unpaired) electrons. The van der Waals surface area contributed by atoms with Crippen LogP contribution in [0.1, 0.15) is 0 Å². The van der Waals surface area contributed by atoms with Gasteiger partial charge in [-0.15, -0.1) is 10.2 Å². The Morgan fingerprint density at radius 1 is 0.765 bits per heavy atom. The van der Waals surface area contributed by atoms with E-state index in [1.54, 1.807) is 30.3 Å². The van der Waals surface area contributed by atoms with Crippen molar-refractivity contribution in [3.05, 3.63) is 52.5 Å². The lowest BCUT2D eigenvalue weighted by Gasteiger charge is -2.00. The van der Waals surface area contributed by atoms with E-state index >= 15 is 0 Å². The molecule has 0 atom stereocenters.